The number of halogens is 1. The van der Waals surface area contributed by atoms with Crippen LogP contribution in [0.25, 0.3) is 5.69 Å². The largest absolute Gasteiger partial charge is 0.352 e. The van der Waals surface area contributed by atoms with E-state index < -0.39 is 0 Å². The van der Waals surface area contributed by atoms with Crippen LogP contribution in [0.4, 0.5) is 0 Å². The Bertz CT molecular complexity index is 736. The summed E-state index contributed by atoms with van der Waals surface area (Å²) >= 11 is 6.44. The molecule has 2 heterocycles. The smallest absolute Gasteiger partial charge is 0.256 e. The summed E-state index contributed by atoms with van der Waals surface area (Å²) in [4.78, 5) is 15.0. The quantitative estimate of drug-likeness (QED) is 0.784. The second kappa shape index (κ2) is 8.69. The van der Waals surface area contributed by atoms with E-state index in [1.807, 2.05) is 37.3 Å². The standard InChI is InChI=1S/C20H27ClN4O/c1-15-9-13-24(14-10-15)12-6-11-22-20(26)18-16(2)23-25(19(18)21)17-7-4-3-5-8-17/h3-5,7-8,15H,6,9-14H2,1-2H3,(H,22,26). The molecule has 1 amide bonds. The molecule has 140 valence electrons. The molecule has 0 bridgehead atoms. The molecule has 1 N–H and O–H groups in total. The molecule has 1 aliphatic heterocycles. The maximum Gasteiger partial charge on any atom is 0.256 e. The van der Waals surface area contributed by atoms with Gasteiger partial charge in [-0.3, -0.25) is 4.79 Å². The summed E-state index contributed by atoms with van der Waals surface area (Å²) in [5.74, 6) is 0.694. The maximum atomic E-state index is 12.6. The fraction of sp³-hybridized carbons (Fsp3) is 0.500. The van der Waals surface area contributed by atoms with E-state index in [2.05, 4.69) is 22.2 Å². The van der Waals surface area contributed by atoms with E-state index in [0.29, 0.717) is 23.0 Å². The molecule has 0 spiro atoms. The van der Waals surface area contributed by atoms with Gasteiger partial charge in [-0.05, 0) is 63.9 Å². The predicted molar refractivity (Wildman–Crippen MR) is 105 cm³/mol. The van der Waals surface area contributed by atoms with E-state index in [0.717, 1.165) is 24.6 Å². The van der Waals surface area contributed by atoms with Gasteiger partial charge in [0.15, 0.2) is 0 Å². The van der Waals surface area contributed by atoms with Crippen LogP contribution in [-0.2, 0) is 0 Å². The zero-order valence-corrected chi connectivity index (χ0v) is 16.3. The molecule has 26 heavy (non-hydrogen) atoms. The van der Waals surface area contributed by atoms with E-state index in [1.165, 1.54) is 25.9 Å². The van der Waals surface area contributed by atoms with Gasteiger partial charge in [0.1, 0.15) is 5.15 Å². The van der Waals surface area contributed by atoms with Crippen molar-refractivity contribution in [1.82, 2.24) is 20.0 Å². The highest BCUT2D eigenvalue weighted by atomic mass is 35.5. The Kier molecular flexibility index (Phi) is 6.33. The second-order valence-corrected chi connectivity index (χ2v) is 7.49. The van der Waals surface area contributed by atoms with Crippen molar-refractivity contribution in [2.75, 3.05) is 26.2 Å². The monoisotopic (exact) mass is 374 g/mol. The van der Waals surface area contributed by atoms with Crippen LogP contribution in [0.2, 0.25) is 5.15 Å². The number of carbonyl (C=O) groups is 1. The van der Waals surface area contributed by atoms with Crippen LogP contribution < -0.4 is 5.32 Å². The molecule has 6 heteroatoms. The summed E-state index contributed by atoms with van der Waals surface area (Å²) in [6, 6.07) is 9.61. The SMILES string of the molecule is Cc1nn(-c2ccccc2)c(Cl)c1C(=O)NCCCN1CCC(C)CC1. The Hall–Kier alpha value is -1.85. The average Bonchev–Trinajstić information content (AvgIpc) is 2.95. The van der Waals surface area contributed by atoms with Crippen molar-refractivity contribution < 1.29 is 4.79 Å². The summed E-state index contributed by atoms with van der Waals surface area (Å²) < 4.78 is 1.61. The Morgan fingerprint density at radius 3 is 2.65 bits per heavy atom. The van der Waals surface area contributed by atoms with Crippen LogP contribution in [0.1, 0.15) is 42.2 Å². The van der Waals surface area contributed by atoms with Gasteiger partial charge in [0, 0.05) is 6.54 Å². The number of amides is 1. The van der Waals surface area contributed by atoms with Crippen LogP contribution in [0.3, 0.4) is 0 Å². The van der Waals surface area contributed by atoms with Crippen LogP contribution in [0.5, 0.6) is 0 Å². The van der Waals surface area contributed by atoms with Crippen molar-refractivity contribution in [3.8, 4) is 5.69 Å². The molecule has 0 atom stereocenters. The molecule has 3 rings (SSSR count). The molecule has 1 fully saturated rings. The first-order chi connectivity index (χ1) is 12.6. The maximum absolute atomic E-state index is 12.6. The number of aromatic nitrogens is 2. The van der Waals surface area contributed by atoms with Crippen LogP contribution in [-0.4, -0.2) is 46.8 Å². The molecule has 0 unspecified atom stereocenters. The Balaban J connectivity index is 1.54. The Labute approximate surface area is 160 Å². The molecule has 0 saturated carbocycles. The average molecular weight is 375 g/mol. The number of nitrogens with zero attached hydrogens (tertiary/aromatic N) is 3. The normalized spacial score (nSPS) is 16.0. The zero-order chi connectivity index (χ0) is 18.5. The summed E-state index contributed by atoms with van der Waals surface area (Å²) in [6.45, 7) is 8.16. The van der Waals surface area contributed by atoms with Crippen molar-refractivity contribution in [2.45, 2.75) is 33.1 Å². The number of rotatable bonds is 6. The van der Waals surface area contributed by atoms with Gasteiger partial charge in [-0.1, -0.05) is 36.7 Å². The number of para-hydroxylation sites is 1. The molecule has 1 aromatic carbocycles. The van der Waals surface area contributed by atoms with Gasteiger partial charge in [0.2, 0.25) is 0 Å². The van der Waals surface area contributed by atoms with E-state index in [9.17, 15) is 4.79 Å². The first-order valence-electron chi connectivity index (χ1n) is 9.37. The van der Waals surface area contributed by atoms with Gasteiger partial charge in [-0.2, -0.15) is 5.10 Å². The summed E-state index contributed by atoms with van der Waals surface area (Å²) in [7, 11) is 0. The Morgan fingerprint density at radius 2 is 1.96 bits per heavy atom. The number of carbonyl (C=O) groups excluding carboxylic acids is 1. The number of nitrogens with one attached hydrogen (secondary N) is 1. The lowest BCUT2D eigenvalue weighted by molar-refractivity contribution is 0.0950. The molecule has 5 nitrogen and oxygen atoms in total. The van der Waals surface area contributed by atoms with Crippen molar-refractivity contribution in [3.63, 3.8) is 0 Å². The molecule has 0 radical (unpaired) electrons. The zero-order valence-electron chi connectivity index (χ0n) is 15.5. The highest BCUT2D eigenvalue weighted by Crippen LogP contribution is 2.23. The third-order valence-corrected chi connectivity index (χ3v) is 5.39. The van der Waals surface area contributed by atoms with E-state index in [4.69, 9.17) is 11.6 Å². The first-order valence-corrected chi connectivity index (χ1v) is 9.75. The molecular formula is C20H27ClN4O. The number of piperidine rings is 1. The summed E-state index contributed by atoms with van der Waals surface area (Å²) in [5, 5.41) is 7.77. The van der Waals surface area contributed by atoms with Crippen LogP contribution in [0, 0.1) is 12.8 Å². The number of hydrogen-bond acceptors (Lipinski definition) is 3. The highest BCUT2D eigenvalue weighted by molar-refractivity contribution is 6.33. The lowest BCUT2D eigenvalue weighted by Gasteiger charge is -2.30. The summed E-state index contributed by atoms with van der Waals surface area (Å²) in [5.41, 5.74) is 1.95. The highest BCUT2D eigenvalue weighted by Gasteiger charge is 2.21. The number of aryl methyl sites for hydroxylation is 1. The van der Waals surface area contributed by atoms with Crippen molar-refractivity contribution in [3.05, 3.63) is 46.7 Å². The minimum absolute atomic E-state index is 0.151. The van der Waals surface area contributed by atoms with Crippen molar-refractivity contribution in [2.24, 2.45) is 5.92 Å². The molecule has 0 aliphatic carbocycles. The van der Waals surface area contributed by atoms with Gasteiger partial charge in [-0.25, -0.2) is 4.68 Å². The minimum atomic E-state index is -0.151. The second-order valence-electron chi connectivity index (χ2n) is 7.13. The third-order valence-electron chi connectivity index (χ3n) is 5.04. The third kappa shape index (κ3) is 4.46. The van der Waals surface area contributed by atoms with E-state index >= 15 is 0 Å². The number of benzene rings is 1. The van der Waals surface area contributed by atoms with Gasteiger partial charge < -0.3 is 10.2 Å². The number of hydrogen-bond donors (Lipinski definition) is 1. The van der Waals surface area contributed by atoms with Crippen molar-refractivity contribution >= 4 is 17.5 Å². The van der Waals surface area contributed by atoms with Gasteiger partial charge in [0.25, 0.3) is 5.91 Å². The number of likely N-dealkylation sites (tertiary alicyclic amines) is 1. The fourth-order valence-corrected chi connectivity index (χ4v) is 3.73. The summed E-state index contributed by atoms with van der Waals surface area (Å²) in [6.07, 6.45) is 3.50. The van der Waals surface area contributed by atoms with E-state index in [-0.39, 0.29) is 5.91 Å². The minimum Gasteiger partial charge on any atom is -0.352 e. The Morgan fingerprint density at radius 1 is 1.27 bits per heavy atom. The lowest BCUT2D eigenvalue weighted by Crippen LogP contribution is -2.35. The molecule has 1 saturated heterocycles. The molecule has 2 aromatic rings. The van der Waals surface area contributed by atoms with Gasteiger partial charge in [0.05, 0.1) is 16.9 Å². The lowest BCUT2D eigenvalue weighted by atomic mass is 9.99. The molecule has 1 aliphatic rings. The molecular weight excluding hydrogens is 348 g/mol. The van der Waals surface area contributed by atoms with Gasteiger partial charge in [-0.15, -0.1) is 0 Å². The van der Waals surface area contributed by atoms with E-state index in [1.54, 1.807) is 4.68 Å². The predicted octanol–water partition coefficient (Wildman–Crippen LogP) is 3.69. The first kappa shape index (κ1) is 18.9. The van der Waals surface area contributed by atoms with Gasteiger partial charge >= 0.3 is 0 Å². The topological polar surface area (TPSA) is 50.2 Å². The van der Waals surface area contributed by atoms with Crippen LogP contribution in [0.15, 0.2) is 30.3 Å². The van der Waals surface area contributed by atoms with Crippen LogP contribution >= 0.6 is 11.6 Å². The molecule has 1 aromatic heterocycles. The fourth-order valence-electron chi connectivity index (χ4n) is 3.38. The van der Waals surface area contributed by atoms with Crippen molar-refractivity contribution in [1.29, 1.82) is 0 Å².